The van der Waals surface area contributed by atoms with Crippen LogP contribution in [0.5, 0.6) is 0 Å². The number of rotatable bonds is 2. The molecule has 2 aliphatic heterocycles. The van der Waals surface area contributed by atoms with E-state index >= 15 is 0 Å². The number of ether oxygens (including phenoxy) is 1. The molecule has 3 rings (SSSR count). The smallest absolute Gasteiger partial charge is 0.310 e. The molecule has 4 heteroatoms. The normalized spacial score (nSPS) is 33.1. The predicted octanol–water partition coefficient (Wildman–Crippen LogP) is 3.03. The number of esters is 1. The van der Waals surface area contributed by atoms with Crippen LogP contribution in [0.1, 0.15) is 30.7 Å². The monoisotopic (exact) mass is 385 g/mol. The molecule has 2 bridgehead atoms. The minimum absolute atomic E-state index is 0.0242. The van der Waals surface area contributed by atoms with E-state index in [1.54, 1.807) is 0 Å². The standard InChI is InChI=1S/C16H20INO2/c1-18-12-7-8-14(18)15(16(19)20-2)13(9-12)10-3-5-11(17)6-4-10/h3-6,12-15H,7-9H2,1-2H3/t12-,13+,14?,15?/m0/s1. The minimum Gasteiger partial charge on any atom is -0.469 e. The van der Waals surface area contributed by atoms with Crippen LogP contribution in [0.4, 0.5) is 0 Å². The highest BCUT2D eigenvalue weighted by Crippen LogP contribution is 2.46. The fourth-order valence-electron chi connectivity index (χ4n) is 3.98. The van der Waals surface area contributed by atoms with Crippen LogP contribution >= 0.6 is 22.6 Å². The van der Waals surface area contributed by atoms with Crippen LogP contribution < -0.4 is 0 Å². The van der Waals surface area contributed by atoms with Gasteiger partial charge in [-0.1, -0.05) is 12.1 Å². The third-order valence-electron chi connectivity index (χ3n) is 5.04. The largest absolute Gasteiger partial charge is 0.469 e. The molecule has 2 aliphatic rings. The average Bonchev–Trinajstić information content (AvgIpc) is 2.70. The molecular weight excluding hydrogens is 365 g/mol. The SMILES string of the molecule is COC(=O)C1C2CC[C@@H](C[C@@H]1c1ccc(I)cc1)N2C. The Morgan fingerprint density at radius 2 is 2.00 bits per heavy atom. The summed E-state index contributed by atoms with van der Waals surface area (Å²) in [6.45, 7) is 0. The quantitative estimate of drug-likeness (QED) is 0.579. The molecule has 0 radical (unpaired) electrons. The van der Waals surface area contributed by atoms with Crippen LogP contribution in [0.15, 0.2) is 24.3 Å². The Morgan fingerprint density at radius 3 is 2.65 bits per heavy atom. The van der Waals surface area contributed by atoms with Crippen molar-refractivity contribution in [2.24, 2.45) is 5.92 Å². The lowest BCUT2D eigenvalue weighted by atomic mass is 9.76. The fraction of sp³-hybridized carbons (Fsp3) is 0.562. The van der Waals surface area contributed by atoms with Gasteiger partial charge in [0, 0.05) is 21.6 Å². The molecule has 0 spiro atoms. The number of methoxy groups -OCH3 is 1. The van der Waals surface area contributed by atoms with E-state index in [0.29, 0.717) is 18.0 Å². The van der Waals surface area contributed by atoms with Gasteiger partial charge < -0.3 is 4.74 Å². The summed E-state index contributed by atoms with van der Waals surface area (Å²) in [5.41, 5.74) is 1.28. The van der Waals surface area contributed by atoms with Gasteiger partial charge in [0.25, 0.3) is 0 Å². The number of fused-ring (bicyclic) bond motifs is 2. The number of benzene rings is 1. The Hall–Kier alpha value is -0.620. The molecule has 2 heterocycles. The Labute approximate surface area is 133 Å². The van der Waals surface area contributed by atoms with Gasteiger partial charge in [-0.15, -0.1) is 0 Å². The summed E-state index contributed by atoms with van der Waals surface area (Å²) in [6.07, 6.45) is 3.38. The summed E-state index contributed by atoms with van der Waals surface area (Å²) >= 11 is 2.32. The minimum atomic E-state index is -0.0502. The van der Waals surface area contributed by atoms with Crippen molar-refractivity contribution in [3.63, 3.8) is 0 Å². The molecule has 1 aromatic rings. The Morgan fingerprint density at radius 1 is 1.30 bits per heavy atom. The first-order valence-electron chi connectivity index (χ1n) is 7.17. The van der Waals surface area contributed by atoms with E-state index in [1.165, 1.54) is 22.7 Å². The molecule has 0 amide bonds. The number of hydrogen-bond donors (Lipinski definition) is 0. The lowest BCUT2D eigenvalue weighted by molar-refractivity contribution is -0.150. The number of carbonyl (C=O) groups is 1. The Kier molecular flexibility index (Phi) is 4.04. The van der Waals surface area contributed by atoms with Crippen molar-refractivity contribution in [2.45, 2.75) is 37.3 Å². The van der Waals surface area contributed by atoms with E-state index in [1.807, 2.05) is 0 Å². The molecule has 1 aromatic carbocycles. The zero-order chi connectivity index (χ0) is 14.3. The molecule has 0 saturated carbocycles. The first-order chi connectivity index (χ1) is 9.61. The predicted molar refractivity (Wildman–Crippen MR) is 86.6 cm³/mol. The van der Waals surface area contributed by atoms with E-state index < -0.39 is 0 Å². The highest BCUT2D eigenvalue weighted by atomic mass is 127. The summed E-state index contributed by atoms with van der Waals surface area (Å²) in [7, 11) is 3.66. The average molecular weight is 385 g/mol. The molecule has 108 valence electrons. The maximum absolute atomic E-state index is 12.3. The van der Waals surface area contributed by atoms with Crippen LogP contribution in [0.25, 0.3) is 0 Å². The van der Waals surface area contributed by atoms with Gasteiger partial charge in [-0.3, -0.25) is 9.69 Å². The second-order valence-electron chi connectivity index (χ2n) is 5.91. The van der Waals surface area contributed by atoms with Gasteiger partial charge in [0.2, 0.25) is 0 Å². The first-order valence-corrected chi connectivity index (χ1v) is 8.25. The number of halogens is 1. The van der Waals surface area contributed by atoms with E-state index in [2.05, 4.69) is 58.8 Å². The second kappa shape index (κ2) is 5.64. The van der Waals surface area contributed by atoms with Gasteiger partial charge in [0.1, 0.15) is 0 Å². The van der Waals surface area contributed by atoms with Crippen LogP contribution in [-0.4, -0.2) is 37.1 Å². The van der Waals surface area contributed by atoms with E-state index in [9.17, 15) is 4.79 Å². The third kappa shape index (κ3) is 2.37. The molecule has 2 saturated heterocycles. The summed E-state index contributed by atoms with van der Waals surface area (Å²) < 4.78 is 6.33. The van der Waals surface area contributed by atoms with Gasteiger partial charge in [0.15, 0.2) is 0 Å². The lowest BCUT2D eigenvalue weighted by Crippen LogP contribution is -2.49. The maximum atomic E-state index is 12.3. The van der Waals surface area contributed by atoms with E-state index in [0.717, 1.165) is 12.8 Å². The molecule has 2 fully saturated rings. The van der Waals surface area contributed by atoms with Crippen molar-refractivity contribution in [1.29, 1.82) is 0 Å². The molecule has 2 unspecified atom stereocenters. The number of hydrogen-bond acceptors (Lipinski definition) is 3. The Balaban J connectivity index is 1.95. The molecule has 0 N–H and O–H groups in total. The molecule has 0 aliphatic carbocycles. The van der Waals surface area contributed by atoms with Crippen molar-refractivity contribution in [3.05, 3.63) is 33.4 Å². The van der Waals surface area contributed by atoms with Gasteiger partial charge in [-0.2, -0.15) is 0 Å². The number of piperidine rings is 1. The molecule has 4 atom stereocenters. The van der Waals surface area contributed by atoms with Crippen LogP contribution in [0, 0.1) is 9.49 Å². The summed E-state index contributed by atoms with van der Waals surface area (Å²) in [4.78, 5) is 14.7. The van der Waals surface area contributed by atoms with Crippen molar-refractivity contribution in [3.8, 4) is 0 Å². The molecule has 0 aromatic heterocycles. The number of carbonyl (C=O) groups excluding carboxylic acids is 1. The highest BCUT2D eigenvalue weighted by Gasteiger charge is 2.49. The lowest BCUT2D eigenvalue weighted by Gasteiger charge is -2.41. The summed E-state index contributed by atoms with van der Waals surface area (Å²) in [6, 6.07) is 9.56. The third-order valence-corrected chi connectivity index (χ3v) is 5.76. The highest BCUT2D eigenvalue weighted by molar-refractivity contribution is 14.1. The van der Waals surface area contributed by atoms with Crippen LogP contribution in [-0.2, 0) is 9.53 Å². The topological polar surface area (TPSA) is 29.5 Å². The van der Waals surface area contributed by atoms with Gasteiger partial charge >= 0.3 is 5.97 Å². The van der Waals surface area contributed by atoms with Crippen molar-refractivity contribution in [2.75, 3.05) is 14.2 Å². The zero-order valence-corrected chi connectivity index (χ0v) is 14.0. The van der Waals surface area contributed by atoms with Gasteiger partial charge in [-0.25, -0.2) is 0 Å². The second-order valence-corrected chi connectivity index (χ2v) is 7.15. The van der Waals surface area contributed by atoms with Crippen molar-refractivity contribution >= 4 is 28.6 Å². The summed E-state index contributed by atoms with van der Waals surface area (Å²) in [5, 5.41) is 0. The fourth-order valence-corrected chi connectivity index (χ4v) is 4.34. The van der Waals surface area contributed by atoms with Crippen LogP contribution in [0.2, 0.25) is 0 Å². The van der Waals surface area contributed by atoms with Gasteiger partial charge in [0.05, 0.1) is 13.0 Å². The molecule has 3 nitrogen and oxygen atoms in total. The van der Waals surface area contributed by atoms with Crippen molar-refractivity contribution < 1.29 is 9.53 Å². The van der Waals surface area contributed by atoms with Crippen LogP contribution in [0.3, 0.4) is 0 Å². The molecular formula is C16H20INO2. The zero-order valence-electron chi connectivity index (χ0n) is 11.9. The first kappa shape index (κ1) is 14.3. The molecule has 20 heavy (non-hydrogen) atoms. The number of nitrogens with zero attached hydrogens (tertiary/aromatic N) is 1. The maximum Gasteiger partial charge on any atom is 0.310 e. The van der Waals surface area contributed by atoms with E-state index in [-0.39, 0.29) is 11.9 Å². The Bertz CT molecular complexity index is 502. The summed E-state index contributed by atoms with van der Waals surface area (Å²) in [5.74, 6) is 0.225. The van der Waals surface area contributed by atoms with Crippen molar-refractivity contribution in [1.82, 2.24) is 4.90 Å². The van der Waals surface area contributed by atoms with Gasteiger partial charge in [-0.05, 0) is 66.6 Å². The van der Waals surface area contributed by atoms with E-state index in [4.69, 9.17) is 4.74 Å².